The average molecular weight is 239 g/mol. The van der Waals surface area contributed by atoms with Gasteiger partial charge in [0.15, 0.2) is 0 Å². The molecule has 7 heteroatoms. The minimum atomic E-state index is -1.10. The first-order valence-electron chi connectivity index (χ1n) is 5.20. The van der Waals surface area contributed by atoms with E-state index in [1.807, 2.05) is 0 Å². The molecule has 1 aliphatic heterocycles. The maximum atomic E-state index is 12.1. The molecule has 92 valence electrons. The highest BCUT2D eigenvalue weighted by Crippen LogP contribution is 2.20. The predicted molar refractivity (Wildman–Crippen MR) is 56.3 cm³/mol. The van der Waals surface area contributed by atoms with Crippen molar-refractivity contribution in [3.63, 3.8) is 0 Å². The van der Waals surface area contributed by atoms with Crippen molar-refractivity contribution in [1.29, 1.82) is 0 Å². The maximum absolute atomic E-state index is 12.1. The Bertz CT molecular complexity index is 456. The van der Waals surface area contributed by atoms with Crippen molar-refractivity contribution in [2.45, 2.75) is 18.6 Å². The SMILES string of the molecule is Cn1nccc1C(=O)N1C[C@@H](O)C[C@H]1C(=O)O. The number of carbonyl (C=O) groups is 2. The van der Waals surface area contributed by atoms with Crippen LogP contribution in [0.25, 0.3) is 0 Å². The monoisotopic (exact) mass is 239 g/mol. The van der Waals surface area contributed by atoms with Crippen molar-refractivity contribution in [3.05, 3.63) is 18.0 Å². The molecule has 1 fully saturated rings. The molecule has 2 N–H and O–H groups in total. The summed E-state index contributed by atoms with van der Waals surface area (Å²) in [5, 5.41) is 22.3. The fourth-order valence-corrected chi connectivity index (χ4v) is 2.00. The summed E-state index contributed by atoms with van der Waals surface area (Å²) < 4.78 is 1.38. The van der Waals surface area contributed by atoms with Gasteiger partial charge in [-0.2, -0.15) is 5.10 Å². The highest BCUT2D eigenvalue weighted by Gasteiger charge is 2.39. The van der Waals surface area contributed by atoms with Crippen LogP contribution in [0.1, 0.15) is 16.9 Å². The van der Waals surface area contributed by atoms with Crippen LogP contribution < -0.4 is 0 Å². The van der Waals surface area contributed by atoms with Crippen molar-refractivity contribution >= 4 is 11.9 Å². The fourth-order valence-electron chi connectivity index (χ4n) is 2.00. The summed E-state index contributed by atoms with van der Waals surface area (Å²) >= 11 is 0. The van der Waals surface area contributed by atoms with Gasteiger partial charge in [-0.15, -0.1) is 0 Å². The number of rotatable bonds is 2. The Morgan fingerprint density at radius 1 is 1.53 bits per heavy atom. The van der Waals surface area contributed by atoms with Crippen molar-refractivity contribution in [2.24, 2.45) is 7.05 Å². The lowest BCUT2D eigenvalue weighted by molar-refractivity contribution is -0.141. The zero-order valence-corrected chi connectivity index (χ0v) is 9.28. The van der Waals surface area contributed by atoms with E-state index in [0.29, 0.717) is 5.69 Å². The summed E-state index contributed by atoms with van der Waals surface area (Å²) in [7, 11) is 1.61. The second-order valence-electron chi connectivity index (χ2n) is 4.04. The maximum Gasteiger partial charge on any atom is 0.326 e. The third kappa shape index (κ3) is 2.01. The molecular weight excluding hydrogens is 226 g/mol. The van der Waals surface area contributed by atoms with Crippen LogP contribution in [-0.2, 0) is 11.8 Å². The van der Waals surface area contributed by atoms with Gasteiger partial charge >= 0.3 is 5.97 Å². The number of β-amino-alcohol motifs (C(OH)–C–C–N with tert-alkyl or cyclic N) is 1. The van der Waals surface area contributed by atoms with Gasteiger partial charge in [-0.25, -0.2) is 4.79 Å². The molecule has 1 aromatic rings. The smallest absolute Gasteiger partial charge is 0.326 e. The predicted octanol–water partition coefficient (Wildman–Crippen LogP) is -0.920. The van der Waals surface area contributed by atoms with E-state index in [1.54, 1.807) is 7.05 Å². The van der Waals surface area contributed by atoms with Crippen molar-refractivity contribution in [3.8, 4) is 0 Å². The second kappa shape index (κ2) is 4.17. The number of likely N-dealkylation sites (tertiary alicyclic amines) is 1. The van der Waals surface area contributed by atoms with E-state index in [-0.39, 0.29) is 13.0 Å². The Balaban J connectivity index is 2.25. The van der Waals surface area contributed by atoms with Crippen molar-refractivity contribution < 1.29 is 19.8 Å². The van der Waals surface area contributed by atoms with Gasteiger partial charge in [0, 0.05) is 26.2 Å². The standard InChI is InChI=1S/C10H13N3O4/c1-12-7(2-3-11-12)9(15)13-5-6(14)4-8(13)10(16)17/h2-3,6,8,14H,4-5H2,1H3,(H,16,17)/t6-,8-/m0/s1. The number of amides is 1. The Morgan fingerprint density at radius 2 is 2.24 bits per heavy atom. The zero-order valence-electron chi connectivity index (χ0n) is 9.28. The lowest BCUT2D eigenvalue weighted by atomic mass is 10.2. The van der Waals surface area contributed by atoms with Gasteiger partial charge in [-0.1, -0.05) is 0 Å². The summed E-state index contributed by atoms with van der Waals surface area (Å²) in [5.41, 5.74) is 0.311. The minimum Gasteiger partial charge on any atom is -0.480 e. The lowest BCUT2D eigenvalue weighted by Gasteiger charge is -2.20. The first-order chi connectivity index (χ1) is 8.00. The van der Waals surface area contributed by atoms with Crippen LogP contribution in [0, 0.1) is 0 Å². The number of carboxylic acids is 1. The average Bonchev–Trinajstić information content (AvgIpc) is 2.83. The quantitative estimate of drug-likeness (QED) is 0.696. The topological polar surface area (TPSA) is 95.7 Å². The molecule has 1 amide bonds. The number of aliphatic carboxylic acids is 1. The van der Waals surface area contributed by atoms with E-state index in [9.17, 15) is 14.7 Å². The van der Waals surface area contributed by atoms with Crippen molar-refractivity contribution in [2.75, 3.05) is 6.54 Å². The van der Waals surface area contributed by atoms with Crippen LogP contribution in [0.2, 0.25) is 0 Å². The highest BCUT2D eigenvalue weighted by molar-refractivity contribution is 5.95. The van der Waals surface area contributed by atoms with Crippen LogP contribution in [0.4, 0.5) is 0 Å². The normalized spacial score (nSPS) is 24.0. The van der Waals surface area contributed by atoms with E-state index in [1.165, 1.54) is 21.8 Å². The number of hydrogen-bond acceptors (Lipinski definition) is 4. The molecule has 0 bridgehead atoms. The number of aromatic nitrogens is 2. The Hall–Kier alpha value is -1.89. The lowest BCUT2D eigenvalue weighted by Crippen LogP contribution is -2.41. The van der Waals surface area contributed by atoms with E-state index in [4.69, 9.17) is 5.11 Å². The van der Waals surface area contributed by atoms with E-state index < -0.39 is 24.0 Å². The molecule has 1 aromatic heterocycles. The third-order valence-corrected chi connectivity index (χ3v) is 2.86. The number of carboxylic acid groups (broad SMARTS) is 1. The fraction of sp³-hybridized carbons (Fsp3) is 0.500. The van der Waals surface area contributed by atoms with Crippen LogP contribution in [-0.4, -0.2) is 55.5 Å². The van der Waals surface area contributed by atoms with Gasteiger partial charge in [0.25, 0.3) is 5.91 Å². The van der Waals surface area contributed by atoms with Crippen molar-refractivity contribution in [1.82, 2.24) is 14.7 Å². The molecule has 0 spiro atoms. The molecule has 0 saturated carbocycles. The summed E-state index contributed by atoms with van der Waals surface area (Å²) in [6.07, 6.45) is 0.752. The second-order valence-corrected chi connectivity index (χ2v) is 4.04. The number of aryl methyl sites for hydroxylation is 1. The zero-order chi connectivity index (χ0) is 12.6. The van der Waals surface area contributed by atoms with E-state index >= 15 is 0 Å². The molecule has 0 aromatic carbocycles. The molecule has 2 rings (SSSR count). The summed E-state index contributed by atoms with van der Waals surface area (Å²) in [6.45, 7) is 0.0426. The third-order valence-electron chi connectivity index (χ3n) is 2.86. The van der Waals surface area contributed by atoms with E-state index in [0.717, 1.165) is 0 Å². The van der Waals surface area contributed by atoms with Crippen LogP contribution in [0.15, 0.2) is 12.3 Å². The number of aliphatic hydroxyl groups is 1. The molecule has 0 radical (unpaired) electrons. The van der Waals surface area contributed by atoms with Gasteiger partial charge in [0.1, 0.15) is 11.7 Å². The molecule has 2 heterocycles. The van der Waals surface area contributed by atoms with Gasteiger partial charge in [-0.3, -0.25) is 9.48 Å². The summed E-state index contributed by atoms with van der Waals surface area (Å²) in [5.74, 6) is -1.52. The number of carbonyl (C=O) groups excluding carboxylic acids is 1. The van der Waals surface area contributed by atoms with E-state index in [2.05, 4.69) is 5.10 Å². The van der Waals surface area contributed by atoms with Crippen LogP contribution in [0.3, 0.4) is 0 Å². The molecular formula is C10H13N3O4. The first-order valence-corrected chi connectivity index (χ1v) is 5.20. The van der Waals surface area contributed by atoms with Gasteiger partial charge in [0.05, 0.1) is 6.10 Å². The molecule has 2 atom stereocenters. The molecule has 0 unspecified atom stereocenters. The molecule has 1 aliphatic rings. The number of nitrogens with zero attached hydrogens (tertiary/aromatic N) is 3. The van der Waals surface area contributed by atoms with Crippen LogP contribution >= 0.6 is 0 Å². The highest BCUT2D eigenvalue weighted by atomic mass is 16.4. The molecule has 1 saturated heterocycles. The van der Waals surface area contributed by atoms with Gasteiger partial charge < -0.3 is 15.1 Å². The van der Waals surface area contributed by atoms with Gasteiger partial charge in [0.2, 0.25) is 0 Å². The largest absolute Gasteiger partial charge is 0.480 e. The number of hydrogen-bond donors (Lipinski definition) is 2. The Labute approximate surface area is 97.3 Å². The van der Waals surface area contributed by atoms with Crippen LogP contribution in [0.5, 0.6) is 0 Å². The molecule has 17 heavy (non-hydrogen) atoms. The van der Waals surface area contributed by atoms with Gasteiger partial charge in [-0.05, 0) is 6.07 Å². The molecule has 0 aliphatic carbocycles. The summed E-state index contributed by atoms with van der Waals surface area (Å²) in [6, 6.07) is 0.554. The molecule has 7 nitrogen and oxygen atoms in total. The first kappa shape index (κ1) is 11.6. The Kier molecular flexibility index (Phi) is 2.84. The Morgan fingerprint density at radius 3 is 2.76 bits per heavy atom. The minimum absolute atomic E-state index is 0.0426. The number of aliphatic hydroxyl groups excluding tert-OH is 1. The summed E-state index contributed by atoms with van der Waals surface area (Å²) in [4.78, 5) is 24.2.